The first-order valence-corrected chi connectivity index (χ1v) is 7.14. The molecule has 0 radical (unpaired) electrons. The molecule has 0 atom stereocenters. The second kappa shape index (κ2) is 5.53. The highest BCUT2D eigenvalue weighted by atomic mass is 32.2. The minimum Gasteiger partial charge on any atom is -0.308 e. The fraction of sp³-hybridized carbons (Fsp3) is 0.300. The second-order valence-corrected chi connectivity index (χ2v) is 6.16. The lowest BCUT2D eigenvalue weighted by Crippen LogP contribution is -2.27. The van der Waals surface area contributed by atoms with E-state index in [0.717, 1.165) is 4.31 Å². The maximum Gasteiger partial charge on any atom is 0.243 e. The number of H-pyrrole nitrogens is 1. The van der Waals surface area contributed by atoms with E-state index in [1.54, 1.807) is 6.92 Å². The van der Waals surface area contributed by atoms with E-state index < -0.39 is 10.0 Å². The Morgan fingerprint density at radius 1 is 1.50 bits per heavy atom. The van der Waals surface area contributed by atoms with E-state index in [-0.39, 0.29) is 17.3 Å². The van der Waals surface area contributed by atoms with Crippen molar-refractivity contribution in [2.24, 2.45) is 5.84 Å². The molecule has 9 nitrogen and oxygen atoms in total. The Morgan fingerprint density at radius 3 is 2.85 bits per heavy atom. The molecule has 0 fully saturated rings. The van der Waals surface area contributed by atoms with E-state index in [2.05, 4.69) is 25.6 Å². The fourth-order valence-electron chi connectivity index (χ4n) is 1.57. The van der Waals surface area contributed by atoms with Crippen molar-refractivity contribution in [1.82, 2.24) is 24.5 Å². The first-order chi connectivity index (χ1) is 9.43. The van der Waals surface area contributed by atoms with Crippen LogP contribution in [0, 0.1) is 6.92 Å². The van der Waals surface area contributed by atoms with Crippen molar-refractivity contribution < 1.29 is 8.42 Å². The molecule has 10 heteroatoms. The van der Waals surface area contributed by atoms with Gasteiger partial charge in [-0.2, -0.15) is 9.40 Å². The average molecular weight is 297 g/mol. The van der Waals surface area contributed by atoms with Crippen molar-refractivity contribution in [3.8, 4) is 0 Å². The number of pyridine rings is 1. The number of nitrogens with one attached hydrogen (secondary N) is 2. The van der Waals surface area contributed by atoms with Crippen LogP contribution < -0.4 is 11.3 Å². The van der Waals surface area contributed by atoms with Gasteiger partial charge in [-0.3, -0.25) is 5.10 Å². The normalized spacial score (nSPS) is 11.8. The highest BCUT2D eigenvalue weighted by Gasteiger charge is 2.22. The van der Waals surface area contributed by atoms with Gasteiger partial charge in [-0.15, -0.1) is 0 Å². The summed E-state index contributed by atoms with van der Waals surface area (Å²) in [5.74, 6) is 6.52. The highest BCUT2D eigenvalue weighted by Crippen LogP contribution is 2.17. The monoisotopic (exact) mass is 297 g/mol. The van der Waals surface area contributed by atoms with E-state index in [1.807, 2.05) is 0 Å². The number of nitrogens with two attached hydrogens (primary N) is 1. The molecule has 0 aliphatic carbocycles. The van der Waals surface area contributed by atoms with Gasteiger partial charge in [-0.1, -0.05) is 0 Å². The van der Waals surface area contributed by atoms with Gasteiger partial charge in [-0.25, -0.2) is 24.2 Å². The summed E-state index contributed by atoms with van der Waals surface area (Å²) < 4.78 is 25.9. The van der Waals surface area contributed by atoms with Gasteiger partial charge in [0, 0.05) is 19.3 Å². The molecule has 2 heterocycles. The van der Waals surface area contributed by atoms with Crippen LogP contribution in [0.4, 0.5) is 5.82 Å². The third-order valence-electron chi connectivity index (χ3n) is 2.60. The number of aromatic amines is 1. The standard InChI is InChI=1S/C10H15N7O2S/c1-7-13-10(16-15-7)6-17(2)20(18,19)8-3-4-12-9(5-8)14-11/h3-5H,6,11H2,1-2H3,(H,12,14)(H,13,15,16). The summed E-state index contributed by atoms with van der Waals surface area (Å²) in [7, 11) is -2.20. The van der Waals surface area contributed by atoms with Gasteiger partial charge in [-0.05, 0) is 13.0 Å². The van der Waals surface area contributed by atoms with Crippen LogP contribution >= 0.6 is 0 Å². The summed E-state index contributed by atoms with van der Waals surface area (Å²) in [6, 6.07) is 2.75. The number of hydrogen-bond acceptors (Lipinski definition) is 7. The smallest absolute Gasteiger partial charge is 0.243 e. The molecule has 0 bridgehead atoms. The number of hydrogen-bond donors (Lipinski definition) is 3. The Labute approximate surface area is 116 Å². The van der Waals surface area contributed by atoms with Crippen LogP contribution in [0.25, 0.3) is 0 Å². The molecular weight excluding hydrogens is 282 g/mol. The molecule has 2 aromatic rings. The molecule has 20 heavy (non-hydrogen) atoms. The third kappa shape index (κ3) is 2.92. The summed E-state index contributed by atoms with van der Waals surface area (Å²) in [5, 5.41) is 6.57. The third-order valence-corrected chi connectivity index (χ3v) is 4.39. The first-order valence-electron chi connectivity index (χ1n) is 5.70. The number of aryl methyl sites for hydroxylation is 1. The maximum absolute atomic E-state index is 12.4. The highest BCUT2D eigenvalue weighted by molar-refractivity contribution is 7.89. The lowest BCUT2D eigenvalue weighted by Gasteiger charge is -2.15. The Kier molecular flexibility index (Phi) is 3.97. The molecule has 0 saturated heterocycles. The Balaban J connectivity index is 2.24. The van der Waals surface area contributed by atoms with Gasteiger partial charge < -0.3 is 5.43 Å². The molecule has 0 spiro atoms. The van der Waals surface area contributed by atoms with E-state index >= 15 is 0 Å². The Morgan fingerprint density at radius 2 is 2.25 bits per heavy atom. The SMILES string of the molecule is Cc1nc(CN(C)S(=O)(=O)c2ccnc(NN)c2)n[nH]1. The van der Waals surface area contributed by atoms with Crippen molar-refractivity contribution >= 4 is 15.8 Å². The van der Waals surface area contributed by atoms with Crippen molar-refractivity contribution in [3.05, 3.63) is 30.0 Å². The number of anilines is 1. The van der Waals surface area contributed by atoms with Crippen LogP contribution in [0.15, 0.2) is 23.2 Å². The largest absolute Gasteiger partial charge is 0.308 e. The van der Waals surface area contributed by atoms with Gasteiger partial charge in [0.1, 0.15) is 11.6 Å². The van der Waals surface area contributed by atoms with Gasteiger partial charge in [0.25, 0.3) is 0 Å². The van der Waals surface area contributed by atoms with E-state index in [9.17, 15) is 8.42 Å². The molecule has 0 amide bonds. The lowest BCUT2D eigenvalue weighted by atomic mass is 10.5. The summed E-state index contributed by atoms with van der Waals surface area (Å²) in [4.78, 5) is 8.04. The van der Waals surface area contributed by atoms with Gasteiger partial charge in [0.05, 0.1) is 11.4 Å². The average Bonchev–Trinajstić information content (AvgIpc) is 2.84. The molecule has 4 N–H and O–H groups in total. The molecule has 108 valence electrons. The number of hydrazine groups is 1. The lowest BCUT2D eigenvalue weighted by molar-refractivity contribution is 0.457. The fourth-order valence-corrected chi connectivity index (χ4v) is 2.71. The molecular formula is C10H15N7O2S. The zero-order valence-corrected chi connectivity index (χ0v) is 11.8. The molecule has 2 rings (SSSR count). The van der Waals surface area contributed by atoms with E-state index in [0.29, 0.717) is 11.6 Å². The van der Waals surface area contributed by atoms with Crippen molar-refractivity contribution in [1.29, 1.82) is 0 Å². The Bertz CT molecular complexity index is 697. The number of sulfonamides is 1. The molecule has 0 unspecified atom stereocenters. The molecule has 2 aromatic heterocycles. The van der Waals surface area contributed by atoms with Crippen LogP contribution in [0.1, 0.15) is 11.6 Å². The predicted octanol–water partition coefficient (Wildman–Crippen LogP) is -0.386. The molecule has 0 aromatic carbocycles. The zero-order chi connectivity index (χ0) is 14.8. The van der Waals surface area contributed by atoms with Crippen molar-refractivity contribution in [2.45, 2.75) is 18.4 Å². The number of aromatic nitrogens is 4. The van der Waals surface area contributed by atoms with Crippen LogP contribution in [0.3, 0.4) is 0 Å². The molecule has 0 aliphatic heterocycles. The Hall–Kier alpha value is -2.04. The van der Waals surface area contributed by atoms with Crippen LogP contribution in [-0.4, -0.2) is 39.9 Å². The van der Waals surface area contributed by atoms with E-state index in [1.165, 1.54) is 25.4 Å². The summed E-state index contributed by atoms with van der Waals surface area (Å²) >= 11 is 0. The van der Waals surface area contributed by atoms with Gasteiger partial charge >= 0.3 is 0 Å². The van der Waals surface area contributed by atoms with Gasteiger partial charge in [0.2, 0.25) is 10.0 Å². The summed E-state index contributed by atoms with van der Waals surface area (Å²) in [6.07, 6.45) is 1.37. The summed E-state index contributed by atoms with van der Waals surface area (Å²) in [5.41, 5.74) is 2.31. The number of nitrogens with zero attached hydrogens (tertiary/aromatic N) is 4. The van der Waals surface area contributed by atoms with E-state index in [4.69, 9.17) is 5.84 Å². The topological polar surface area (TPSA) is 130 Å². The van der Waals surface area contributed by atoms with Crippen molar-refractivity contribution in [3.63, 3.8) is 0 Å². The van der Waals surface area contributed by atoms with Crippen LogP contribution in [0.2, 0.25) is 0 Å². The molecule has 0 saturated carbocycles. The van der Waals surface area contributed by atoms with Gasteiger partial charge in [0.15, 0.2) is 5.82 Å². The quantitative estimate of drug-likeness (QED) is 0.506. The summed E-state index contributed by atoms with van der Waals surface area (Å²) in [6.45, 7) is 1.81. The van der Waals surface area contributed by atoms with Crippen LogP contribution in [0.5, 0.6) is 0 Å². The number of nitrogen functional groups attached to an aromatic ring is 1. The van der Waals surface area contributed by atoms with Crippen LogP contribution in [-0.2, 0) is 16.6 Å². The minimum atomic E-state index is -3.66. The van der Waals surface area contributed by atoms with Crippen molar-refractivity contribution in [2.75, 3.05) is 12.5 Å². The molecule has 0 aliphatic rings. The second-order valence-electron chi connectivity index (χ2n) is 4.12. The zero-order valence-electron chi connectivity index (χ0n) is 11.0. The minimum absolute atomic E-state index is 0.0698. The first kappa shape index (κ1) is 14.4. The maximum atomic E-state index is 12.4. The number of rotatable bonds is 5. The predicted molar refractivity (Wildman–Crippen MR) is 71.8 cm³/mol.